The van der Waals surface area contributed by atoms with E-state index in [-0.39, 0.29) is 24.8 Å². The summed E-state index contributed by atoms with van der Waals surface area (Å²) in [7, 11) is 0. The van der Waals surface area contributed by atoms with Crippen molar-refractivity contribution in [3.05, 3.63) is 77.9 Å². The lowest BCUT2D eigenvalue weighted by molar-refractivity contribution is -0.274. The highest BCUT2D eigenvalue weighted by atomic mass is 19.4. The van der Waals surface area contributed by atoms with Gasteiger partial charge in [-0.15, -0.1) is 19.8 Å². The number of nitrogens with zero attached hydrogens (tertiary/aromatic N) is 1. The molecular weight excluding hydrogens is 457 g/mol. The first-order chi connectivity index (χ1) is 16.8. The van der Waals surface area contributed by atoms with Gasteiger partial charge in [0, 0.05) is 37.3 Å². The summed E-state index contributed by atoms with van der Waals surface area (Å²) in [6.45, 7) is 4.63. The van der Waals surface area contributed by atoms with E-state index in [2.05, 4.69) is 27.7 Å². The van der Waals surface area contributed by atoms with Crippen molar-refractivity contribution in [3.63, 3.8) is 0 Å². The number of hydrogen-bond acceptors (Lipinski definition) is 4. The zero-order valence-corrected chi connectivity index (χ0v) is 19.8. The predicted octanol–water partition coefficient (Wildman–Crippen LogP) is 5.97. The van der Waals surface area contributed by atoms with Crippen LogP contribution in [0.5, 0.6) is 5.75 Å². The fraction of sp³-hybridized carbons (Fsp3) is 0.407. The molecule has 0 spiro atoms. The molecular formula is C27H33F3N2O3. The molecule has 1 aliphatic rings. The van der Waals surface area contributed by atoms with E-state index in [1.54, 1.807) is 6.08 Å². The molecule has 2 rings (SSSR count). The van der Waals surface area contributed by atoms with Gasteiger partial charge in [-0.05, 0) is 43.4 Å². The molecule has 0 radical (unpaired) electrons. The van der Waals surface area contributed by atoms with Gasteiger partial charge in [0.25, 0.3) is 5.91 Å². The molecule has 1 amide bonds. The number of aliphatic hydroxyl groups is 1. The number of benzene rings is 1. The Morgan fingerprint density at radius 1 is 1.17 bits per heavy atom. The molecule has 0 fully saturated rings. The van der Waals surface area contributed by atoms with Crippen molar-refractivity contribution in [3.8, 4) is 5.75 Å². The molecule has 8 heteroatoms. The molecule has 0 saturated heterocycles. The molecule has 1 aliphatic heterocycles. The topological polar surface area (TPSA) is 70.9 Å². The smallest absolute Gasteiger partial charge is 0.406 e. The van der Waals surface area contributed by atoms with Gasteiger partial charge < -0.3 is 15.2 Å². The van der Waals surface area contributed by atoms with Crippen molar-refractivity contribution >= 4 is 11.6 Å². The van der Waals surface area contributed by atoms with Gasteiger partial charge in [-0.25, -0.2) is 0 Å². The second-order valence-corrected chi connectivity index (χ2v) is 8.15. The van der Waals surface area contributed by atoms with Crippen molar-refractivity contribution in [2.24, 2.45) is 4.99 Å². The fourth-order valence-electron chi connectivity index (χ4n) is 3.57. The molecule has 0 saturated carbocycles. The van der Waals surface area contributed by atoms with E-state index in [0.29, 0.717) is 30.5 Å². The summed E-state index contributed by atoms with van der Waals surface area (Å²) in [5.74, 6) is -0.582. The minimum Gasteiger partial charge on any atom is -0.406 e. The van der Waals surface area contributed by atoms with E-state index < -0.39 is 6.36 Å². The Labute approximate surface area is 204 Å². The summed E-state index contributed by atoms with van der Waals surface area (Å²) in [6.07, 6.45) is 10.4. The van der Waals surface area contributed by atoms with Crippen LogP contribution in [-0.2, 0) is 11.3 Å². The molecule has 190 valence electrons. The average molecular weight is 491 g/mol. The molecule has 1 aromatic carbocycles. The van der Waals surface area contributed by atoms with Crippen LogP contribution in [-0.4, -0.2) is 36.2 Å². The standard InChI is InChI=1S/C27H33F3N2O3/c1-2-8-24-19-21(9-4-3-5-18-33)10-6-11-23(12-7-17-31-24)26(34)32-20-22-13-15-25(16-14-22)35-27(28,29)30/h2,7,10-16,33H,1,3-6,8-9,17-20H2,(H,32,34)/b12-7-,21-10-,23-11+,31-24-. The van der Waals surface area contributed by atoms with E-state index >= 15 is 0 Å². The van der Waals surface area contributed by atoms with Gasteiger partial charge in [-0.3, -0.25) is 9.79 Å². The lowest BCUT2D eigenvalue weighted by Gasteiger charge is -2.10. The van der Waals surface area contributed by atoms with Crippen molar-refractivity contribution in [1.29, 1.82) is 0 Å². The average Bonchev–Trinajstić information content (AvgIpc) is 2.85. The maximum absolute atomic E-state index is 12.8. The first-order valence-corrected chi connectivity index (χ1v) is 11.7. The number of ether oxygens (including phenoxy) is 1. The zero-order valence-electron chi connectivity index (χ0n) is 19.8. The number of amides is 1. The van der Waals surface area contributed by atoms with Crippen LogP contribution in [0.15, 0.2) is 77.4 Å². The van der Waals surface area contributed by atoms with Gasteiger partial charge in [-0.2, -0.15) is 0 Å². The fourth-order valence-corrected chi connectivity index (χ4v) is 3.57. The summed E-state index contributed by atoms with van der Waals surface area (Å²) in [5.41, 5.74) is 3.45. The number of alkyl halides is 3. The number of aliphatic hydroxyl groups excluding tert-OH is 1. The summed E-state index contributed by atoms with van der Waals surface area (Å²) >= 11 is 0. The van der Waals surface area contributed by atoms with Crippen LogP contribution in [0.1, 0.15) is 50.5 Å². The van der Waals surface area contributed by atoms with E-state index in [9.17, 15) is 18.0 Å². The molecule has 35 heavy (non-hydrogen) atoms. The second kappa shape index (κ2) is 15.0. The molecule has 0 unspecified atom stereocenters. The number of hydrogen-bond donors (Lipinski definition) is 2. The lowest BCUT2D eigenvalue weighted by atomic mass is 9.99. The van der Waals surface area contributed by atoms with Crippen LogP contribution < -0.4 is 10.1 Å². The van der Waals surface area contributed by atoms with Crippen LogP contribution >= 0.6 is 0 Å². The van der Waals surface area contributed by atoms with E-state index in [1.807, 2.05) is 18.2 Å². The third-order valence-corrected chi connectivity index (χ3v) is 5.30. The maximum atomic E-state index is 12.8. The number of rotatable bonds is 11. The Morgan fingerprint density at radius 3 is 2.63 bits per heavy atom. The molecule has 0 aromatic heterocycles. The number of nitrogens with one attached hydrogen (secondary N) is 1. The predicted molar refractivity (Wildman–Crippen MR) is 132 cm³/mol. The van der Waals surface area contributed by atoms with E-state index in [1.165, 1.54) is 29.8 Å². The van der Waals surface area contributed by atoms with Gasteiger partial charge in [-0.1, -0.05) is 54.5 Å². The Hall–Kier alpha value is -3.13. The summed E-state index contributed by atoms with van der Waals surface area (Å²) < 4.78 is 40.8. The minimum atomic E-state index is -4.74. The third-order valence-electron chi connectivity index (χ3n) is 5.30. The van der Waals surface area contributed by atoms with E-state index in [0.717, 1.165) is 37.8 Å². The van der Waals surface area contributed by atoms with Crippen molar-refractivity contribution < 1.29 is 27.8 Å². The molecule has 0 aliphatic carbocycles. The third kappa shape index (κ3) is 11.7. The monoisotopic (exact) mass is 490 g/mol. The Bertz CT molecular complexity index is 945. The highest BCUT2D eigenvalue weighted by molar-refractivity contribution is 5.96. The van der Waals surface area contributed by atoms with Crippen LogP contribution in [0, 0.1) is 0 Å². The lowest BCUT2D eigenvalue weighted by Crippen LogP contribution is -2.24. The van der Waals surface area contributed by atoms with Gasteiger partial charge in [0.15, 0.2) is 0 Å². The number of carbonyl (C=O) groups is 1. The zero-order chi connectivity index (χ0) is 25.5. The first-order valence-electron chi connectivity index (χ1n) is 11.7. The first kappa shape index (κ1) is 28.1. The SMILES string of the molecule is C=CC/C1=N/C/C=C\C(C(=O)NCc2ccc(OC(F)(F)F)cc2)=C/C/C=C(/CCCCCO)C1. The van der Waals surface area contributed by atoms with Crippen LogP contribution in [0.2, 0.25) is 0 Å². The van der Waals surface area contributed by atoms with Crippen molar-refractivity contribution in [2.45, 2.75) is 57.9 Å². The number of allylic oxidation sites excluding steroid dienone is 4. The van der Waals surface area contributed by atoms with Gasteiger partial charge in [0.05, 0.1) is 6.54 Å². The Balaban J connectivity index is 2.04. The summed E-state index contributed by atoms with van der Waals surface area (Å²) in [4.78, 5) is 17.4. The van der Waals surface area contributed by atoms with Gasteiger partial charge >= 0.3 is 6.36 Å². The largest absolute Gasteiger partial charge is 0.573 e. The summed E-state index contributed by atoms with van der Waals surface area (Å²) in [5, 5.41) is 11.8. The molecule has 0 bridgehead atoms. The summed E-state index contributed by atoms with van der Waals surface area (Å²) in [6, 6.07) is 5.38. The van der Waals surface area contributed by atoms with Crippen molar-refractivity contribution in [1.82, 2.24) is 5.32 Å². The highest BCUT2D eigenvalue weighted by Crippen LogP contribution is 2.23. The molecule has 5 nitrogen and oxygen atoms in total. The van der Waals surface area contributed by atoms with Gasteiger partial charge in [0.2, 0.25) is 0 Å². The maximum Gasteiger partial charge on any atom is 0.573 e. The molecule has 0 atom stereocenters. The molecule has 1 aromatic rings. The number of unbranched alkanes of at least 4 members (excludes halogenated alkanes) is 2. The molecule has 1 heterocycles. The van der Waals surface area contributed by atoms with Crippen LogP contribution in [0.25, 0.3) is 0 Å². The second-order valence-electron chi connectivity index (χ2n) is 8.15. The highest BCUT2D eigenvalue weighted by Gasteiger charge is 2.30. The van der Waals surface area contributed by atoms with E-state index in [4.69, 9.17) is 5.11 Å². The number of carbonyl (C=O) groups excluding carboxylic acids is 1. The van der Waals surface area contributed by atoms with Crippen molar-refractivity contribution in [2.75, 3.05) is 13.2 Å². The quantitative estimate of drug-likeness (QED) is 0.296. The molecule has 2 N–H and O–H groups in total. The number of aliphatic imine (C=N–C) groups is 1. The number of halogens is 3. The Kier molecular flexibility index (Phi) is 12.0. The normalized spacial score (nSPS) is 20.2. The Morgan fingerprint density at radius 2 is 1.94 bits per heavy atom. The minimum absolute atomic E-state index is 0.171. The van der Waals surface area contributed by atoms with Crippen LogP contribution in [0.4, 0.5) is 13.2 Å². The van der Waals surface area contributed by atoms with Gasteiger partial charge in [0.1, 0.15) is 5.75 Å². The van der Waals surface area contributed by atoms with Crippen LogP contribution in [0.3, 0.4) is 0 Å².